The minimum absolute atomic E-state index is 0.00221. The van der Waals surface area contributed by atoms with Crippen molar-refractivity contribution in [2.45, 2.75) is 0 Å². The Balaban J connectivity index is 2.14. The lowest BCUT2D eigenvalue weighted by Crippen LogP contribution is -2.13. The van der Waals surface area contributed by atoms with Crippen LogP contribution < -0.4 is 4.80 Å². The van der Waals surface area contributed by atoms with Crippen LogP contribution in [0.5, 0.6) is 0 Å². The molecular formula is C15H9BrClN3O3S. The van der Waals surface area contributed by atoms with Gasteiger partial charge in [-0.2, -0.15) is 4.99 Å². The first-order valence-electron chi connectivity index (χ1n) is 6.65. The molecular weight excluding hydrogens is 418 g/mol. The van der Waals surface area contributed by atoms with Crippen LogP contribution in [-0.2, 0) is 7.05 Å². The number of rotatable bonds is 2. The number of nitro groups is 1. The zero-order valence-electron chi connectivity index (χ0n) is 12.2. The average Bonchev–Trinajstić information content (AvgIpc) is 2.84. The summed E-state index contributed by atoms with van der Waals surface area (Å²) >= 11 is 10.8. The van der Waals surface area contributed by atoms with E-state index in [1.54, 1.807) is 11.6 Å². The SMILES string of the molecule is Cn1c(=NC(=O)c2cc([N+](=O)[O-])ccc2Cl)sc2cccc(Br)c21. The van der Waals surface area contributed by atoms with E-state index >= 15 is 0 Å². The van der Waals surface area contributed by atoms with Crippen molar-refractivity contribution in [3.05, 3.63) is 66.4 Å². The topological polar surface area (TPSA) is 77.5 Å². The van der Waals surface area contributed by atoms with E-state index < -0.39 is 10.8 Å². The fraction of sp³-hybridized carbons (Fsp3) is 0.0667. The van der Waals surface area contributed by atoms with Crippen LogP contribution in [-0.4, -0.2) is 15.4 Å². The number of nitro benzene ring substituents is 1. The summed E-state index contributed by atoms with van der Waals surface area (Å²) in [6.45, 7) is 0. The number of nitrogens with zero attached hydrogens (tertiary/aromatic N) is 3. The second kappa shape index (κ2) is 6.46. The zero-order chi connectivity index (χ0) is 17.4. The van der Waals surface area contributed by atoms with Crippen LogP contribution in [0.1, 0.15) is 10.4 Å². The Morgan fingerprint density at radius 1 is 1.38 bits per heavy atom. The third-order valence-corrected chi connectivity index (χ3v) is 5.43. The van der Waals surface area contributed by atoms with Crippen molar-refractivity contribution in [1.29, 1.82) is 0 Å². The summed E-state index contributed by atoms with van der Waals surface area (Å²) in [6, 6.07) is 9.43. The van der Waals surface area contributed by atoms with E-state index in [1.807, 2.05) is 18.2 Å². The normalized spacial score (nSPS) is 11.9. The monoisotopic (exact) mass is 425 g/mol. The van der Waals surface area contributed by atoms with Gasteiger partial charge in [0.1, 0.15) is 0 Å². The summed E-state index contributed by atoms with van der Waals surface area (Å²) in [5.74, 6) is -0.623. The lowest BCUT2D eigenvalue weighted by molar-refractivity contribution is -0.384. The molecule has 0 saturated heterocycles. The number of halogens is 2. The van der Waals surface area contributed by atoms with E-state index in [0.717, 1.165) is 20.8 Å². The van der Waals surface area contributed by atoms with Gasteiger partial charge in [0.2, 0.25) is 0 Å². The Hall–Kier alpha value is -2.03. The third-order valence-electron chi connectivity index (χ3n) is 3.36. The predicted molar refractivity (Wildman–Crippen MR) is 96.5 cm³/mol. The van der Waals surface area contributed by atoms with Crippen molar-refractivity contribution in [3.63, 3.8) is 0 Å². The summed E-state index contributed by atoms with van der Waals surface area (Å²) in [7, 11) is 1.80. The number of carbonyl (C=O) groups is 1. The maximum Gasteiger partial charge on any atom is 0.281 e. The molecule has 0 fully saturated rings. The van der Waals surface area contributed by atoms with E-state index in [9.17, 15) is 14.9 Å². The number of hydrogen-bond donors (Lipinski definition) is 0. The third kappa shape index (κ3) is 3.00. The standard InChI is InChI=1S/C15H9BrClN3O3S/c1-19-13-10(16)3-2-4-12(13)24-15(19)18-14(21)9-7-8(20(22)23)5-6-11(9)17/h2-7H,1H3. The molecule has 0 N–H and O–H groups in total. The molecule has 0 atom stereocenters. The van der Waals surface area contributed by atoms with Gasteiger partial charge in [-0.3, -0.25) is 14.9 Å². The van der Waals surface area contributed by atoms with E-state index in [4.69, 9.17) is 11.6 Å². The van der Waals surface area contributed by atoms with E-state index in [0.29, 0.717) is 4.80 Å². The molecule has 0 radical (unpaired) electrons. The number of aryl methyl sites for hydroxylation is 1. The molecule has 24 heavy (non-hydrogen) atoms. The minimum atomic E-state index is -0.623. The molecule has 122 valence electrons. The molecule has 1 amide bonds. The number of fused-ring (bicyclic) bond motifs is 1. The fourth-order valence-corrected chi connectivity index (χ4v) is 4.21. The molecule has 3 aromatic rings. The summed E-state index contributed by atoms with van der Waals surface area (Å²) in [6.07, 6.45) is 0. The van der Waals surface area contributed by atoms with Gasteiger partial charge in [0, 0.05) is 23.7 Å². The van der Waals surface area contributed by atoms with Gasteiger partial charge in [-0.05, 0) is 34.1 Å². The number of thiazole rings is 1. The number of hydrogen-bond acceptors (Lipinski definition) is 4. The Bertz CT molecular complexity index is 1060. The van der Waals surface area contributed by atoms with Crippen LogP contribution in [0.15, 0.2) is 45.9 Å². The molecule has 0 aliphatic heterocycles. The Kier molecular flexibility index (Phi) is 4.53. The van der Waals surface area contributed by atoms with Gasteiger partial charge in [0.05, 0.1) is 25.7 Å². The summed E-state index contributed by atoms with van der Waals surface area (Å²) in [5, 5.41) is 11.0. The number of para-hydroxylation sites is 1. The first kappa shape index (κ1) is 16.8. The minimum Gasteiger partial charge on any atom is -0.318 e. The highest BCUT2D eigenvalue weighted by Gasteiger charge is 2.16. The lowest BCUT2D eigenvalue weighted by Gasteiger charge is -2.00. The number of carbonyl (C=O) groups excluding carboxylic acids is 1. The highest BCUT2D eigenvalue weighted by atomic mass is 79.9. The van der Waals surface area contributed by atoms with Gasteiger partial charge in [0.15, 0.2) is 4.80 Å². The summed E-state index contributed by atoms with van der Waals surface area (Å²) in [5.41, 5.74) is 0.711. The molecule has 1 heterocycles. The molecule has 0 unspecified atom stereocenters. The Labute approximate surface area is 153 Å². The highest BCUT2D eigenvalue weighted by Crippen LogP contribution is 2.26. The lowest BCUT2D eigenvalue weighted by atomic mass is 10.2. The largest absolute Gasteiger partial charge is 0.318 e. The van der Waals surface area contributed by atoms with Crippen molar-refractivity contribution in [1.82, 2.24) is 4.57 Å². The number of aromatic nitrogens is 1. The smallest absolute Gasteiger partial charge is 0.281 e. The average molecular weight is 427 g/mol. The molecule has 1 aromatic heterocycles. The number of non-ortho nitro benzene ring substituents is 1. The molecule has 0 spiro atoms. The molecule has 0 aliphatic carbocycles. The van der Waals surface area contributed by atoms with Crippen molar-refractivity contribution in [2.24, 2.45) is 12.0 Å². The van der Waals surface area contributed by atoms with E-state index in [2.05, 4.69) is 20.9 Å². The van der Waals surface area contributed by atoms with Gasteiger partial charge in [0.25, 0.3) is 11.6 Å². The Morgan fingerprint density at radius 3 is 2.79 bits per heavy atom. The molecule has 0 aliphatic rings. The second-order valence-corrected chi connectivity index (χ2v) is 7.14. The molecule has 3 rings (SSSR count). The molecule has 9 heteroatoms. The van der Waals surface area contributed by atoms with Crippen LogP contribution in [0.25, 0.3) is 10.2 Å². The van der Waals surface area contributed by atoms with Crippen molar-refractivity contribution in [2.75, 3.05) is 0 Å². The van der Waals surface area contributed by atoms with Crippen LogP contribution in [0.4, 0.5) is 5.69 Å². The maximum atomic E-state index is 12.4. The van der Waals surface area contributed by atoms with E-state index in [-0.39, 0.29) is 16.3 Å². The molecule has 0 saturated carbocycles. The fourth-order valence-electron chi connectivity index (χ4n) is 2.20. The van der Waals surface area contributed by atoms with E-state index in [1.165, 1.54) is 23.5 Å². The Morgan fingerprint density at radius 2 is 2.12 bits per heavy atom. The first-order valence-corrected chi connectivity index (χ1v) is 8.64. The number of amides is 1. The first-order chi connectivity index (χ1) is 11.4. The summed E-state index contributed by atoms with van der Waals surface area (Å²) < 4.78 is 3.64. The second-order valence-electron chi connectivity index (χ2n) is 4.87. The van der Waals surface area contributed by atoms with Crippen LogP contribution in [0, 0.1) is 10.1 Å². The molecule has 2 aromatic carbocycles. The number of benzene rings is 2. The highest BCUT2D eigenvalue weighted by molar-refractivity contribution is 9.10. The van der Waals surface area contributed by atoms with Gasteiger partial charge in [-0.1, -0.05) is 29.0 Å². The van der Waals surface area contributed by atoms with Gasteiger partial charge in [-0.15, -0.1) is 0 Å². The maximum absolute atomic E-state index is 12.4. The predicted octanol–water partition coefficient (Wildman–Crippen LogP) is 4.31. The summed E-state index contributed by atoms with van der Waals surface area (Å²) in [4.78, 5) is 27.3. The zero-order valence-corrected chi connectivity index (χ0v) is 15.4. The van der Waals surface area contributed by atoms with Crippen molar-refractivity contribution >= 4 is 60.7 Å². The quantitative estimate of drug-likeness (QED) is 0.452. The van der Waals surface area contributed by atoms with Crippen LogP contribution >= 0.6 is 38.9 Å². The van der Waals surface area contributed by atoms with Crippen LogP contribution in [0.2, 0.25) is 5.02 Å². The molecule has 0 bridgehead atoms. The van der Waals surface area contributed by atoms with Crippen molar-refractivity contribution < 1.29 is 9.72 Å². The van der Waals surface area contributed by atoms with Gasteiger partial charge < -0.3 is 4.57 Å². The van der Waals surface area contributed by atoms with Crippen molar-refractivity contribution in [3.8, 4) is 0 Å². The molecule has 6 nitrogen and oxygen atoms in total. The van der Waals surface area contributed by atoms with Gasteiger partial charge in [-0.25, -0.2) is 0 Å². The van der Waals surface area contributed by atoms with Crippen LogP contribution in [0.3, 0.4) is 0 Å². The van der Waals surface area contributed by atoms with Gasteiger partial charge >= 0.3 is 0 Å².